The lowest BCUT2D eigenvalue weighted by Gasteiger charge is -2.40. The lowest BCUT2D eigenvalue weighted by Crippen LogP contribution is -2.32. The van der Waals surface area contributed by atoms with Crippen LogP contribution in [0.2, 0.25) is 0 Å². The molecule has 0 aromatic rings. The van der Waals surface area contributed by atoms with Gasteiger partial charge in [0.2, 0.25) is 0 Å². The van der Waals surface area contributed by atoms with Crippen LogP contribution in [-0.4, -0.2) is 4.43 Å². The highest BCUT2D eigenvalue weighted by atomic mass is 127. The maximum Gasteiger partial charge on any atom is 0.00547 e. The van der Waals surface area contributed by atoms with E-state index in [9.17, 15) is 0 Å². The zero-order valence-corrected chi connectivity index (χ0v) is 14.7. The van der Waals surface area contributed by atoms with Crippen LogP contribution in [-0.2, 0) is 0 Å². The standard InChI is InChI=1S/C18H31I/c19-14-18(17-9-5-2-6-10-17)12-11-16(13-18)15-7-3-1-4-8-15/h15-17H,1-14H2. The molecule has 0 bridgehead atoms. The van der Waals surface area contributed by atoms with Gasteiger partial charge in [-0.15, -0.1) is 0 Å². The van der Waals surface area contributed by atoms with Crippen LogP contribution in [0.5, 0.6) is 0 Å². The van der Waals surface area contributed by atoms with E-state index in [4.69, 9.17) is 0 Å². The Morgan fingerprint density at radius 2 is 1.37 bits per heavy atom. The van der Waals surface area contributed by atoms with Crippen molar-refractivity contribution >= 4 is 22.6 Å². The molecule has 0 heterocycles. The van der Waals surface area contributed by atoms with Crippen molar-refractivity contribution < 1.29 is 0 Å². The van der Waals surface area contributed by atoms with E-state index in [1.54, 1.807) is 44.9 Å². The van der Waals surface area contributed by atoms with Gasteiger partial charge in [-0.25, -0.2) is 0 Å². The summed E-state index contributed by atoms with van der Waals surface area (Å²) in [6.07, 6.45) is 20.1. The Labute approximate surface area is 133 Å². The number of hydrogen-bond donors (Lipinski definition) is 0. The largest absolute Gasteiger partial charge is 0.0858 e. The molecule has 3 aliphatic carbocycles. The van der Waals surface area contributed by atoms with Gasteiger partial charge < -0.3 is 0 Å². The molecule has 1 heteroatoms. The van der Waals surface area contributed by atoms with Crippen molar-refractivity contribution in [2.45, 2.75) is 83.5 Å². The van der Waals surface area contributed by atoms with E-state index < -0.39 is 0 Å². The van der Waals surface area contributed by atoms with Crippen molar-refractivity contribution in [1.29, 1.82) is 0 Å². The summed E-state index contributed by atoms with van der Waals surface area (Å²) in [5.74, 6) is 3.31. The third-order valence-electron chi connectivity index (χ3n) is 6.74. The molecule has 3 saturated carbocycles. The molecule has 3 rings (SSSR count). The van der Waals surface area contributed by atoms with E-state index >= 15 is 0 Å². The summed E-state index contributed by atoms with van der Waals surface area (Å²) in [4.78, 5) is 0. The molecule has 0 saturated heterocycles. The molecule has 110 valence electrons. The minimum Gasteiger partial charge on any atom is -0.0858 e. The Morgan fingerprint density at radius 1 is 0.737 bits per heavy atom. The highest BCUT2D eigenvalue weighted by molar-refractivity contribution is 14.1. The molecule has 3 fully saturated rings. The molecule has 0 amide bonds. The SMILES string of the molecule is ICC1(C2CCCCC2)CCC(C2CCCCC2)C1. The van der Waals surface area contributed by atoms with E-state index in [1.807, 2.05) is 0 Å². The summed E-state index contributed by atoms with van der Waals surface area (Å²) in [6, 6.07) is 0. The smallest absolute Gasteiger partial charge is 0.00547 e. The van der Waals surface area contributed by atoms with Crippen molar-refractivity contribution in [3.63, 3.8) is 0 Å². The van der Waals surface area contributed by atoms with Gasteiger partial charge in [0.05, 0.1) is 0 Å². The van der Waals surface area contributed by atoms with Crippen LogP contribution in [0.3, 0.4) is 0 Å². The minimum atomic E-state index is 0.767. The lowest BCUT2D eigenvalue weighted by atomic mass is 9.67. The van der Waals surface area contributed by atoms with E-state index in [0.717, 1.165) is 23.2 Å². The molecule has 0 radical (unpaired) electrons. The van der Waals surface area contributed by atoms with Gasteiger partial charge in [0.1, 0.15) is 0 Å². The molecule has 0 aromatic heterocycles. The quantitative estimate of drug-likeness (QED) is 0.398. The normalized spacial score (nSPS) is 38.7. The van der Waals surface area contributed by atoms with Gasteiger partial charge in [-0.2, -0.15) is 0 Å². The summed E-state index contributed by atoms with van der Waals surface area (Å²) in [7, 11) is 0. The first-order valence-electron chi connectivity index (χ1n) is 8.90. The molecule has 0 nitrogen and oxygen atoms in total. The van der Waals surface area contributed by atoms with Gasteiger partial charge >= 0.3 is 0 Å². The first kappa shape index (κ1) is 14.7. The van der Waals surface area contributed by atoms with Crippen LogP contribution in [0.15, 0.2) is 0 Å². The molecule has 0 spiro atoms. The van der Waals surface area contributed by atoms with Crippen molar-refractivity contribution in [1.82, 2.24) is 0 Å². The maximum atomic E-state index is 2.73. The second kappa shape index (κ2) is 6.66. The van der Waals surface area contributed by atoms with Crippen LogP contribution in [0.4, 0.5) is 0 Å². The molecule has 19 heavy (non-hydrogen) atoms. The van der Waals surface area contributed by atoms with E-state index in [2.05, 4.69) is 22.6 Å². The van der Waals surface area contributed by atoms with Crippen LogP contribution in [0, 0.1) is 23.2 Å². The van der Waals surface area contributed by atoms with Gasteiger partial charge in [0, 0.05) is 4.43 Å². The van der Waals surface area contributed by atoms with Crippen molar-refractivity contribution in [2.75, 3.05) is 4.43 Å². The van der Waals surface area contributed by atoms with Crippen LogP contribution in [0.1, 0.15) is 83.5 Å². The van der Waals surface area contributed by atoms with Crippen molar-refractivity contribution in [3.05, 3.63) is 0 Å². The molecule has 0 N–H and O–H groups in total. The summed E-state index contributed by atoms with van der Waals surface area (Å²) < 4.78 is 1.44. The number of alkyl halides is 1. The fraction of sp³-hybridized carbons (Fsp3) is 1.00. The molecule has 2 atom stereocenters. The summed E-state index contributed by atoms with van der Waals surface area (Å²) in [6.45, 7) is 0. The summed E-state index contributed by atoms with van der Waals surface area (Å²) >= 11 is 2.73. The van der Waals surface area contributed by atoms with Gasteiger partial charge in [-0.1, -0.05) is 74.0 Å². The number of rotatable bonds is 3. The Hall–Kier alpha value is 0.730. The van der Waals surface area contributed by atoms with Crippen LogP contribution in [0.25, 0.3) is 0 Å². The van der Waals surface area contributed by atoms with Crippen LogP contribution < -0.4 is 0 Å². The zero-order valence-electron chi connectivity index (χ0n) is 12.5. The zero-order chi connectivity index (χ0) is 13.1. The second-order valence-corrected chi connectivity index (χ2v) is 8.49. The van der Waals surface area contributed by atoms with E-state index in [0.29, 0.717) is 0 Å². The fourth-order valence-electron chi connectivity index (χ4n) is 5.52. The highest BCUT2D eigenvalue weighted by Crippen LogP contribution is 2.55. The first-order chi connectivity index (χ1) is 9.34. The Kier molecular flexibility index (Phi) is 5.14. The van der Waals surface area contributed by atoms with E-state index in [1.165, 1.54) is 43.0 Å². The first-order valence-corrected chi connectivity index (χ1v) is 10.4. The molecule has 0 aromatic carbocycles. The molecule has 3 aliphatic rings. The Balaban J connectivity index is 1.63. The van der Waals surface area contributed by atoms with Gasteiger partial charge in [0.15, 0.2) is 0 Å². The third kappa shape index (κ3) is 3.16. The average molecular weight is 374 g/mol. The van der Waals surface area contributed by atoms with Crippen molar-refractivity contribution in [3.8, 4) is 0 Å². The predicted molar refractivity (Wildman–Crippen MR) is 91.8 cm³/mol. The van der Waals surface area contributed by atoms with Crippen LogP contribution >= 0.6 is 22.6 Å². The Bertz CT molecular complexity index is 275. The molecule has 0 aliphatic heterocycles. The molecular formula is C18H31I. The van der Waals surface area contributed by atoms with Gasteiger partial charge in [-0.3, -0.25) is 0 Å². The average Bonchev–Trinajstić information content (AvgIpc) is 2.95. The molecular weight excluding hydrogens is 343 g/mol. The number of halogens is 1. The van der Waals surface area contributed by atoms with E-state index in [-0.39, 0.29) is 0 Å². The maximum absolute atomic E-state index is 2.73. The monoisotopic (exact) mass is 374 g/mol. The number of hydrogen-bond acceptors (Lipinski definition) is 0. The fourth-order valence-corrected chi connectivity index (χ4v) is 6.84. The lowest BCUT2D eigenvalue weighted by molar-refractivity contribution is 0.135. The topological polar surface area (TPSA) is 0 Å². The second-order valence-electron chi connectivity index (χ2n) is 7.73. The molecule has 2 unspecified atom stereocenters. The van der Waals surface area contributed by atoms with Gasteiger partial charge in [0.25, 0.3) is 0 Å². The van der Waals surface area contributed by atoms with Crippen molar-refractivity contribution in [2.24, 2.45) is 23.2 Å². The summed E-state index contributed by atoms with van der Waals surface area (Å²) in [5, 5.41) is 0. The highest BCUT2D eigenvalue weighted by Gasteiger charge is 2.45. The predicted octanol–water partition coefficient (Wildman–Crippen LogP) is 6.37. The minimum absolute atomic E-state index is 0.767. The summed E-state index contributed by atoms with van der Waals surface area (Å²) in [5.41, 5.74) is 0.767. The Morgan fingerprint density at radius 3 is 2.00 bits per heavy atom. The third-order valence-corrected chi connectivity index (χ3v) is 8.25. The van der Waals surface area contributed by atoms with Gasteiger partial charge in [-0.05, 0) is 55.3 Å².